The van der Waals surface area contributed by atoms with E-state index in [1.54, 1.807) is 0 Å². The van der Waals surface area contributed by atoms with Gasteiger partial charge in [0.1, 0.15) is 0 Å². The van der Waals surface area contributed by atoms with Crippen LogP contribution in [0.5, 0.6) is 0 Å². The molecule has 0 bridgehead atoms. The third-order valence-electron chi connectivity index (χ3n) is 6.09. The van der Waals surface area contributed by atoms with Crippen LogP contribution in [0.25, 0.3) is 0 Å². The molecule has 0 heterocycles. The molecule has 0 radical (unpaired) electrons. The third-order valence-corrected chi connectivity index (χ3v) is 23.7. The van der Waals surface area contributed by atoms with Crippen molar-refractivity contribution in [1.29, 1.82) is 0 Å². The summed E-state index contributed by atoms with van der Waals surface area (Å²) < 4.78 is 14.4. The van der Waals surface area contributed by atoms with Crippen LogP contribution in [0.4, 0.5) is 0 Å². The van der Waals surface area contributed by atoms with Gasteiger partial charge in [-0.05, 0) is 0 Å². The maximum atomic E-state index is 12.4. The summed E-state index contributed by atoms with van der Waals surface area (Å²) in [5, 5.41) is 0. The maximum absolute atomic E-state index is 12.4. The van der Waals surface area contributed by atoms with Crippen molar-refractivity contribution in [1.82, 2.24) is 0 Å². The Balaban J connectivity index is 5.93. The molecule has 1 unspecified atom stereocenters. The fourth-order valence-corrected chi connectivity index (χ4v) is 23.4. The number of unbranched alkanes of at least 4 members (excludes halogenated alkanes) is 3. The first kappa shape index (κ1) is 26.7. The molecule has 0 aromatic heterocycles. The van der Waals surface area contributed by atoms with Gasteiger partial charge < -0.3 is 0 Å². The molecule has 27 heavy (non-hydrogen) atoms. The molecule has 0 aliphatic carbocycles. The van der Waals surface area contributed by atoms with Gasteiger partial charge in [0, 0.05) is 0 Å². The first-order chi connectivity index (χ1) is 12.7. The van der Waals surface area contributed by atoms with Gasteiger partial charge >= 0.3 is 172 Å². The van der Waals surface area contributed by atoms with Crippen LogP contribution in [0.1, 0.15) is 86.0 Å². The van der Waals surface area contributed by atoms with Gasteiger partial charge in [-0.3, -0.25) is 0 Å². The van der Waals surface area contributed by atoms with Crippen molar-refractivity contribution in [3.63, 3.8) is 0 Å². The van der Waals surface area contributed by atoms with E-state index < -0.39 is 23.8 Å². The SMILES string of the molecule is CCC[CH2][Sn]([CH2]CCC)([CH2]CCC)[CH](CC(=O)OC)CC(C)(C)C(=O)OC. The topological polar surface area (TPSA) is 52.6 Å². The van der Waals surface area contributed by atoms with Crippen LogP contribution in [-0.2, 0) is 19.1 Å². The molecule has 0 N–H and O–H groups in total. The van der Waals surface area contributed by atoms with E-state index >= 15 is 0 Å². The summed E-state index contributed by atoms with van der Waals surface area (Å²) >= 11 is -2.68. The molecule has 1 atom stereocenters. The van der Waals surface area contributed by atoms with E-state index in [2.05, 4.69) is 20.8 Å². The molecule has 0 aromatic rings. The number of methoxy groups -OCH3 is 2. The van der Waals surface area contributed by atoms with Crippen LogP contribution in [0, 0.1) is 5.41 Å². The van der Waals surface area contributed by atoms with E-state index in [-0.39, 0.29) is 11.9 Å². The zero-order chi connectivity index (χ0) is 20.9. The van der Waals surface area contributed by atoms with E-state index in [0.29, 0.717) is 10.4 Å². The second-order valence-corrected chi connectivity index (χ2v) is 23.1. The summed E-state index contributed by atoms with van der Waals surface area (Å²) in [6.45, 7) is 10.7. The van der Waals surface area contributed by atoms with Gasteiger partial charge in [0.2, 0.25) is 0 Å². The Hall–Kier alpha value is -0.261. The van der Waals surface area contributed by atoms with Gasteiger partial charge in [-0.2, -0.15) is 0 Å². The van der Waals surface area contributed by atoms with E-state index in [4.69, 9.17) is 9.47 Å². The van der Waals surface area contributed by atoms with Crippen molar-refractivity contribution >= 4 is 30.3 Å². The minimum absolute atomic E-state index is 0.119. The van der Waals surface area contributed by atoms with Crippen molar-refractivity contribution in [2.45, 2.75) is 103 Å². The Morgan fingerprint density at radius 3 is 1.63 bits per heavy atom. The van der Waals surface area contributed by atoms with E-state index in [0.717, 1.165) is 6.42 Å². The molecule has 0 aliphatic rings. The van der Waals surface area contributed by atoms with E-state index in [9.17, 15) is 9.59 Å². The average molecular weight is 491 g/mol. The Morgan fingerprint density at radius 2 is 1.30 bits per heavy atom. The predicted octanol–water partition coefficient (Wildman–Crippen LogP) is 6.36. The van der Waals surface area contributed by atoms with Crippen LogP contribution in [0.15, 0.2) is 0 Å². The summed E-state index contributed by atoms with van der Waals surface area (Å²) in [5.41, 5.74) is -0.555. The summed E-state index contributed by atoms with van der Waals surface area (Å²) in [7, 11) is 2.94. The first-order valence-electron chi connectivity index (χ1n) is 10.9. The second-order valence-electron chi connectivity index (χ2n) is 8.73. The molecule has 0 saturated heterocycles. The van der Waals surface area contributed by atoms with Crippen molar-refractivity contribution in [2.75, 3.05) is 14.2 Å². The van der Waals surface area contributed by atoms with Crippen LogP contribution in [0.2, 0.25) is 17.2 Å². The van der Waals surface area contributed by atoms with Crippen molar-refractivity contribution in [3.05, 3.63) is 0 Å². The summed E-state index contributed by atoms with van der Waals surface area (Å²) in [6, 6.07) is 0. The van der Waals surface area contributed by atoms with Gasteiger partial charge in [0.15, 0.2) is 0 Å². The number of carbonyl (C=O) groups is 2. The Morgan fingerprint density at radius 1 is 0.852 bits per heavy atom. The van der Waals surface area contributed by atoms with Crippen molar-refractivity contribution in [2.24, 2.45) is 5.41 Å². The molecule has 0 aromatic carbocycles. The molecular formula is C22H44O4Sn. The zero-order valence-electron chi connectivity index (χ0n) is 19.0. The predicted molar refractivity (Wildman–Crippen MR) is 116 cm³/mol. The first-order valence-corrected chi connectivity index (χ1v) is 18.6. The van der Waals surface area contributed by atoms with Gasteiger partial charge in [-0.15, -0.1) is 0 Å². The van der Waals surface area contributed by atoms with Crippen LogP contribution < -0.4 is 0 Å². The molecule has 0 amide bonds. The van der Waals surface area contributed by atoms with Crippen LogP contribution in [0.3, 0.4) is 0 Å². The van der Waals surface area contributed by atoms with Gasteiger partial charge in [-0.1, -0.05) is 0 Å². The normalized spacial score (nSPS) is 13.3. The Kier molecular flexibility index (Phi) is 13.7. The Bertz CT molecular complexity index is 412. The molecule has 0 fully saturated rings. The quantitative estimate of drug-likeness (QED) is 0.198. The van der Waals surface area contributed by atoms with Gasteiger partial charge in [-0.25, -0.2) is 0 Å². The molecule has 0 aliphatic heterocycles. The molecule has 0 rings (SSSR count). The summed E-state index contributed by atoms with van der Waals surface area (Å²) in [5.74, 6) is -0.287. The number of carbonyl (C=O) groups excluding carboxylic acids is 2. The standard InChI is InChI=1S/C10H17O4.3C4H9.Sn/c1-10(2,9(12)14-4)7-5-6-8(11)13-3;3*1-3-4-2;/h5H,6-7H2,1-4H3;3*1,3-4H2,2H3;. The molecule has 5 heteroatoms. The van der Waals surface area contributed by atoms with Gasteiger partial charge in [0.25, 0.3) is 0 Å². The van der Waals surface area contributed by atoms with Crippen LogP contribution >= 0.6 is 0 Å². The average Bonchev–Trinajstić information content (AvgIpc) is 2.66. The van der Waals surface area contributed by atoms with Crippen LogP contribution in [-0.4, -0.2) is 44.5 Å². The minimum atomic E-state index is -2.68. The molecule has 0 spiro atoms. The number of rotatable bonds is 15. The van der Waals surface area contributed by atoms with E-state index in [1.807, 2.05) is 13.8 Å². The number of hydrogen-bond donors (Lipinski definition) is 0. The number of ether oxygens (including phenoxy) is 2. The monoisotopic (exact) mass is 492 g/mol. The van der Waals surface area contributed by atoms with Crippen molar-refractivity contribution < 1.29 is 19.1 Å². The summed E-state index contributed by atoms with van der Waals surface area (Å²) in [6.07, 6.45) is 8.57. The zero-order valence-corrected chi connectivity index (χ0v) is 21.8. The van der Waals surface area contributed by atoms with E-state index in [1.165, 1.54) is 66.1 Å². The fraction of sp³-hybridized carbons (Fsp3) is 0.909. The Labute approximate surface area is 172 Å². The number of esters is 2. The number of hydrogen-bond acceptors (Lipinski definition) is 4. The summed E-state index contributed by atoms with van der Waals surface area (Å²) in [4.78, 5) is 24.7. The fourth-order valence-electron chi connectivity index (χ4n) is 4.34. The molecule has 4 nitrogen and oxygen atoms in total. The third kappa shape index (κ3) is 9.18. The molecule has 160 valence electrons. The van der Waals surface area contributed by atoms with Gasteiger partial charge in [0.05, 0.1) is 0 Å². The molecule has 0 saturated carbocycles. The molecular weight excluding hydrogens is 447 g/mol. The van der Waals surface area contributed by atoms with Crippen molar-refractivity contribution in [3.8, 4) is 0 Å². The second kappa shape index (κ2) is 13.8.